The first-order valence-electron chi connectivity index (χ1n) is 3.32. The van der Waals surface area contributed by atoms with Gasteiger partial charge in [-0.3, -0.25) is 0 Å². The Labute approximate surface area is 71.0 Å². The molecule has 1 aromatic heterocycles. The molecule has 68 valence electrons. The molecule has 0 unspecified atom stereocenters. The molecule has 0 aromatic carbocycles. The van der Waals surface area contributed by atoms with Crippen molar-refractivity contribution in [1.82, 2.24) is 9.46 Å². The molecule has 1 rings (SSSR count). The molecule has 0 N–H and O–H groups in total. The summed E-state index contributed by atoms with van der Waals surface area (Å²) in [6.45, 7) is 0. The fraction of sp³-hybridized carbons (Fsp3) is 0.500. The SMILES string of the molecule is CN(C)S(=O)(=O)Cc1ccon1. The Morgan fingerprint density at radius 3 is 2.67 bits per heavy atom. The van der Waals surface area contributed by atoms with Gasteiger partial charge in [0.2, 0.25) is 10.0 Å². The number of aromatic nitrogens is 1. The van der Waals surface area contributed by atoms with Crippen LogP contribution in [0.4, 0.5) is 0 Å². The van der Waals surface area contributed by atoms with Crippen LogP contribution in [0.1, 0.15) is 5.69 Å². The van der Waals surface area contributed by atoms with E-state index in [1.807, 2.05) is 0 Å². The van der Waals surface area contributed by atoms with Crippen LogP contribution in [0.2, 0.25) is 0 Å². The van der Waals surface area contributed by atoms with Gasteiger partial charge in [-0.2, -0.15) is 0 Å². The van der Waals surface area contributed by atoms with Crippen molar-refractivity contribution in [3.63, 3.8) is 0 Å². The molecule has 0 saturated heterocycles. The highest BCUT2D eigenvalue weighted by Gasteiger charge is 2.15. The van der Waals surface area contributed by atoms with Crippen molar-refractivity contribution in [1.29, 1.82) is 0 Å². The maximum Gasteiger partial charge on any atom is 0.219 e. The van der Waals surface area contributed by atoms with Crippen molar-refractivity contribution in [3.05, 3.63) is 18.0 Å². The third-order valence-corrected chi connectivity index (χ3v) is 3.15. The smallest absolute Gasteiger partial charge is 0.219 e. The molecule has 6 heteroatoms. The predicted molar refractivity (Wildman–Crippen MR) is 42.8 cm³/mol. The zero-order valence-corrected chi connectivity index (χ0v) is 7.71. The molecule has 1 aromatic rings. The molecule has 1 heterocycles. The van der Waals surface area contributed by atoms with Crippen LogP contribution in [0, 0.1) is 0 Å². The van der Waals surface area contributed by atoms with Crippen LogP contribution in [-0.4, -0.2) is 32.0 Å². The van der Waals surface area contributed by atoms with Gasteiger partial charge >= 0.3 is 0 Å². The van der Waals surface area contributed by atoms with Crippen molar-refractivity contribution < 1.29 is 12.9 Å². The summed E-state index contributed by atoms with van der Waals surface area (Å²) in [4.78, 5) is 0. The maximum absolute atomic E-state index is 11.2. The van der Waals surface area contributed by atoms with Crippen molar-refractivity contribution in [2.45, 2.75) is 5.75 Å². The van der Waals surface area contributed by atoms with Gasteiger partial charge in [0, 0.05) is 20.2 Å². The second-order valence-corrected chi connectivity index (χ2v) is 4.71. The number of hydrogen-bond acceptors (Lipinski definition) is 4. The summed E-state index contributed by atoms with van der Waals surface area (Å²) in [5, 5.41) is 3.50. The van der Waals surface area contributed by atoms with Gasteiger partial charge in [-0.05, 0) is 0 Å². The molecule has 0 aliphatic heterocycles. The maximum atomic E-state index is 11.2. The van der Waals surface area contributed by atoms with Gasteiger partial charge in [0.25, 0.3) is 0 Å². The Kier molecular flexibility index (Phi) is 2.49. The molecule has 5 nitrogen and oxygen atoms in total. The quantitative estimate of drug-likeness (QED) is 0.676. The van der Waals surface area contributed by atoms with E-state index in [0.717, 1.165) is 4.31 Å². The van der Waals surface area contributed by atoms with Gasteiger partial charge in [-0.25, -0.2) is 12.7 Å². The highest BCUT2D eigenvalue weighted by Crippen LogP contribution is 2.04. The Morgan fingerprint density at radius 2 is 2.25 bits per heavy atom. The first-order valence-corrected chi connectivity index (χ1v) is 4.93. The van der Waals surface area contributed by atoms with Crippen molar-refractivity contribution in [2.75, 3.05) is 14.1 Å². The highest BCUT2D eigenvalue weighted by atomic mass is 32.2. The van der Waals surface area contributed by atoms with Crippen LogP contribution in [0.25, 0.3) is 0 Å². The van der Waals surface area contributed by atoms with E-state index in [1.54, 1.807) is 0 Å². The van der Waals surface area contributed by atoms with E-state index in [1.165, 1.54) is 26.4 Å². The van der Waals surface area contributed by atoms with Gasteiger partial charge in [0.15, 0.2) is 0 Å². The Balaban J connectivity index is 2.77. The number of sulfonamides is 1. The van der Waals surface area contributed by atoms with E-state index in [-0.39, 0.29) is 5.75 Å². The average Bonchev–Trinajstić information content (AvgIpc) is 2.38. The fourth-order valence-corrected chi connectivity index (χ4v) is 1.41. The molecule has 0 aliphatic rings. The summed E-state index contributed by atoms with van der Waals surface area (Å²) in [7, 11) is -0.247. The summed E-state index contributed by atoms with van der Waals surface area (Å²) in [6, 6.07) is 1.53. The van der Waals surface area contributed by atoms with Crippen LogP contribution >= 0.6 is 0 Å². The van der Waals surface area contributed by atoms with E-state index in [2.05, 4.69) is 9.68 Å². The number of hydrogen-bond donors (Lipinski definition) is 0. The third-order valence-electron chi connectivity index (χ3n) is 1.38. The van der Waals surface area contributed by atoms with Gasteiger partial charge in [-0.1, -0.05) is 5.16 Å². The Bertz CT molecular complexity index is 328. The second-order valence-electron chi connectivity index (χ2n) is 2.53. The third kappa shape index (κ3) is 2.05. The summed E-state index contributed by atoms with van der Waals surface area (Å²) in [5.41, 5.74) is 0.420. The van der Waals surface area contributed by atoms with Gasteiger partial charge in [0.05, 0.1) is 5.69 Å². The van der Waals surface area contributed by atoms with Crippen molar-refractivity contribution >= 4 is 10.0 Å². The molecular formula is C6H10N2O3S. The predicted octanol–water partition coefficient (Wildman–Crippen LogP) is 0.0660. The van der Waals surface area contributed by atoms with Crippen LogP contribution < -0.4 is 0 Å². The summed E-state index contributed by atoms with van der Waals surface area (Å²) in [5.74, 6) is -0.115. The Hall–Kier alpha value is -0.880. The van der Waals surface area contributed by atoms with Crippen LogP contribution in [-0.2, 0) is 15.8 Å². The van der Waals surface area contributed by atoms with Gasteiger partial charge < -0.3 is 4.52 Å². The standard InChI is InChI=1S/C6H10N2O3S/c1-8(2)12(9,10)5-6-3-4-11-7-6/h3-4H,5H2,1-2H3. The van der Waals surface area contributed by atoms with E-state index >= 15 is 0 Å². The van der Waals surface area contributed by atoms with Crippen LogP contribution in [0.15, 0.2) is 16.9 Å². The number of nitrogens with zero attached hydrogens (tertiary/aromatic N) is 2. The zero-order valence-electron chi connectivity index (χ0n) is 6.89. The molecule has 0 radical (unpaired) electrons. The molecule has 12 heavy (non-hydrogen) atoms. The molecular weight excluding hydrogens is 180 g/mol. The lowest BCUT2D eigenvalue weighted by Crippen LogP contribution is -2.23. The van der Waals surface area contributed by atoms with Crippen molar-refractivity contribution in [3.8, 4) is 0 Å². The van der Waals surface area contributed by atoms with E-state index in [4.69, 9.17) is 0 Å². The molecule has 0 saturated carbocycles. The second kappa shape index (κ2) is 3.24. The normalized spacial score (nSPS) is 12.2. The molecule has 0 bridgehead atoms. The zero-order chi connectivity index (χ0) is 9.19. The lowest BCUT2D eigenvalue weighted by molar-refractivity contribution is 0.413. The van der Waals surface area contributed by atoms with Gasteiger partial charge in [0.1, 0.15) is 12.0 Å². The minimum absolute atomic E-state index is 0.115. The minimum Gasteiger partial charge on any atom is -0.364 e. The minimum atomic E-state index is -3.21. The van der Waals surface area contributed by atoms with Crippen molar-refractivity contribution in [2.24, 2.45) is 0 Å². The summed E-state index contributed by atoms with van der Waals surface area (Å²) in [6.07, 6.45) is 1.35. The lowest BCUT2D eigenvalue weighted by atomic mass is 10.5. The summed E-state index contributed by atoms with van der Waals surface area (Å²) >= 11 is 0. The monoisotopic (exact) mass is 190 g/mol. The van der Waals surface area contributed by atoms with E-state index in [0.29, 0.717) is 5.69 Å². The topological polar surface area (TPSA) is 63.4 Å². The Morgan fingerprint density at radius 1 is 1.58 bits per heavy atom. The fourth-order valence-electron chi connectivity index (χ4n) is 0.628. The highest BCUT2D eigenvalue weighted by molar-refractivity contribution is 7.88. The molecule has 0 aliphatic carbocycles. The number of rotatable bonds is 3. The summed E-state index contributed by atoms with van der Waals surface area (Å²) < 4.78 is 28.1. The first kappa shape index (κ1) is 9.21. The molecule has 0 atom stereocenters. The van der Waals surface area contributed by atoms with E-state index < -0.39 is 10.0 Å². The molecule has 0 spiro atoms. The molecule has 0 fully saturated rings. The first-order chi connectivity index (χ1) is 5.52. The lowest BCUT2D eigenvalue weighted by Gasteiger charge is -2.08. The average molecular weight is 190 g/mol. The largest absolute Gasteiger partial charge is 0.364 e. The van der Waals surface area contributed by atoms with E-state index in [9.17, 15) is 8.42 Å². The molecule has 0 amide bonds. The van der Waals surface area contributed by atoms with Crippen LogP contribution in [0.5, 0.6) is 0 Å². The van der Waals surface area contributed by atoms with Crippen LogP contribution in [0.3, 0.4) is 0 Å². The van der Waals surface area contributed by atoms with Gasteiger partial charge in [-0.15, -0.1) is 0 Å².